The zero-order valence-corrected chi connectivity index (χ0v) is 17.6. The number of para-hydroxylation sites is 1. The van der Waals surface area contributed by atoms with Gasteiger partial charge in [0, 0.05) is 17.0 Å². The van der Waals surface area contributed by atoms with E-state index in [9.17, 15) is 4.79 Å². The van der Waals surface area contributed by atoms with E-state index < -0.39 is 0 Å². The minimum absolute atomic E-state index is 0.0419. The van der Waals surface area contributed by atoms with Crippen LogP contribution in [-0.4, -0.2) is 23.5 Å². The van der Waals surface area contributed by atoms with Gasteiger partial charge < -0.3 is 10.1 Å². The summed E-state index contributed by atoms with van der Waals surface area (Å²) in [5.74, 6) is 0.788. The normalized spacial score (nSPS) is 12.0. The lowest BCUT2D eigenvalue weighted by Gasteiger charge is -2.15. The highest BCUT2D eigenvalue weighted by Crippen LogP contribution is 2.26. The summed E-state index contributed by atoms with van der Waals surface area (Å²) in [5, 5.41) is 4.04. The number of rotatable bonds is 9. The lowest BCUT2D eigenvalue weighted by atomic mass is 10.0. The quantitative estimate of drug-likeness (QED) is 0.456. The first-order valence-electron chi connectivity index (χ1n) is 10.6. The van der Waals surface area contributed by atoms with Crippen LogP contribution in [0.1, 0.15) is 56.8 Å². The number of carbonyl (C=O) groups is 1. The highest BCUT2D eigenvalue weighted by atomic mass is 16.5. The Morgan fingerprint density at radius 1 is 1.07 bits per heavy atom. The number of carbonyl (C=O) groups excluding carboxylic acids is 1. The third-order valence-corrected chi connectivity index (χ3v) is 5.04. The largest absolute Gasteiger partial charge is 0.494 e. The molecular formula is C25H30N2O2. The average Bonchev–Trinajstić information content (AvgIpc) is 2.74. The van der Waals surface area contributed by atoms with E-state index in [2.05, 4.69) is 19.2 Å². The third-order valence-electron chi connectivity index (χ3n) is 5.04. The molecule has 0 fully saturated rings. The average molecular weight is 391 g/mol. The zero-order chi connectivity index (χ0) is 20.6. The first-order valence-corrected chi connectivity index (χ1v) is 10.6. The van der Waals surface area contributed by atoms with Crippen molar-refractivity contribution in [1.29, 1.82) is 0 Å². The van der Waals surface area contributed by atoms with Crippen molar-refractivity contribution in [2.45, 2.75) is 52.5 Å². The van der Waals surface area contributed by atoms with Crippen molar-refractivity contribution in [1.82, 2.24) is 10.3 Å². The molecule has 1 heterocycles. The van der Waals surface area contributed by atoms with Crippen molar-refractivity contribution in [2.75, 3.05) is 6.61 Å². The molecule has 0 saturated heterocycles. The van der Waals surface area contributed by atoms with Gasteiger partial charge in [0.2, 0.25) is 0 Å². The summed E-state index contributed by atoms with van der Waals surface area (Å²) in [7, 11) is 0. The van der Waals surface area contributed by atoms with Gasteiger partial charge in [0.15, 0.2) is 0 Å². The summed E-state index contributed by atoms with van der Waals surface area (Å²) in [6.07, 6.45) is 4.50. The number of amides is 1. The van der Waals surface area contributed by atoms with Gasteiger partial charge in [0.25, 0.3) is 5.91 Å². The minimum atomic E-state index is -0.0419. The third kappa shape index (κ3) is 5.35. The number of nitrogens with one attached hydrogen (secondary N) is 1. The summed E-state index contributed by atoms with van der Waals surface area (Å²) < 4.78 is 5.53. The zero-order valence-electron chi connectivity index (χ0n) is 17.6. The van der Waals surface area contributed by atoms with Gasteiger partial charge in [0.1, 0.15) is 5.75 Å². The molecule has 0 aliphatic heterocycles. The molecule has 0 radical (unpaired) electrons. The summed E-state index contributed by atoms with van der Waals surface area (Å²) in [6, 6.07) is 17.7. The predicted molar refractivity (Wildman–Crippen MR) is 119 cm³/mol. The van der Waals surface area contributed by atoms with Crippen LogP contribution < -0.4 is 10.1 Å². The van der Waals surface area contributed by atoms with Crippen LogP contribution in [0.5, 0.6) is 5.75 Å². The second-order valence-electron chi connectivity index (χ2n) is 7.40. The number of nitrogens with zero attached hydrogens (tertiary/aromatic N) is 1. The predicted octanol–water partition coefficient (Wildman–Crippen LogP) is 6.00. The van der Waals surface area contributed by atoms with Crippen molar-refractivity contribution < 1.29 is 9.53 Å². The SMILES string of the molecule is CCCCC[C@@H](C)NC(=O)c1cc(-c2ccc(OCC)cc2)nc2ccccc12. The Morgan fingerprint density at radius 3 is 2.55 bits per heavy atom. The molecule has 1 N–H and O–H groups in total. The molecular weight excluding hydrogens is 360 g/mol. The van der Waals surface area contributed by atoms with Crippen molar-refractivity contribution in [3.63, 3.8) is 0 Å². The minimum Gasteiger partial charge on any atom is -0.494 e. The Morgan fingerprint density at radius 2 is 1.83 bits per heavy atom. The van der Waals surface area contributed by atoms with E-state index in [1.54, 1.807) is 0 Å². The van der Waals surface area contributed by atoms with Crippen LogP contribution in [0.2, 0.25) is 0 Å². The number of benzene rings is 2. The Balaban J connectivity index is 1.90. The molecule has 4 heteroatoms. The molecule has 0 aliphatic rings. The van der Waals surface area contributed by atoms with Gasteiger partial charge in [0.05, 0.1) is 23.4 Å². The maximum Gasteiger partial charge on any atom is 0.252 e. The summed E-state index contributed by atoms with van der Waals surface area (Å²) in [4.78, 5) is 17.8. The summed E-state index contributed by atoms with van der Waals surface area (Å²) >= 11 is 0. The lowest BCUT2D eigenvalue weighted by molar-refractivity contribution is 0.0939. The Bertz CT molecular complexity index is 951. The van der Waals surface area contributed by atoms with Crippen LogP contribution in [0, 0.1) is 0 Å². The van der Waals surface area contributed by atoms with Crippen LogP contribution in [0.4, 0.5) is 0 Å². The molecule has 1 aromatic heterocycles. The molecule has 1 atom stereocenters. The van der Waals surface area contributed by atoms with Gasteiger partial charge in [-0.15, -0.1) is 0 Å². The summed E-state index contributed by atoms with van der Waals surface area (Å²) in [5.41, 5.74) is 3.24. The van der Waals surface area contributed by atoms with Gasteiger partial charge >= 0.3 is 0 Å². The van der Waals surface area contributed by atoms with E-state index in [4.69, 9.17) is 9.72 Å². The maximum atomic E-state index is 13.1. The lowest BCUT2D eigenvalue weighted by Crippen LogP contribution is -2.32. The van der Waals surface area contributed by atoms with Crippen molar-refractivity contribution in [3.8, 4) is 17.0 Å². The smallest absolute Gasteiger partial charge is 0.252 e. The van der Waals surface area contributed by atoms with Crippen molar-refractivity contribution >= 4 is 16.8 Å². The Hall–Kier alpha value is -2.88. The number of hydrogen-bond donors (Lipinski definition) is 1. The van der Waals surface area contributed by atoms with Gasteiger partial charge in [-0.05, 0) is 56.7 Å². The molecule has 4 nitrogen and oxygen atoms in total. The molecule has 0 spiro atoms. The Labute approximate surface area is 173 Å². The molecule has 0 bridgehead atoms. The van der Waals surface area contributed by atoms with E-state index >= 15 is 0 Å². The fraction of sp³-hybridized carbons (Fsp3) is 0.360. The second-order valence-corrected chi connectivity index (χ2v) is 7.40. The monoisotopic (exact) mass is 390 g/mol. The highest BCUT2D eigenvalue weighted by molar-refractivity contribution is 6.07. The molecule has 2 aromatic carbocycles. The molecule has 152 valence electrons. The van der Waals surface area contributed by atoms with Crippen LogP contribution in [-0.2, 0) is 0 Å². The van der Waals surface area contributed by atoms with E-state index in [0.717, 1.165) is 40.8 Å². The number of aromatic nitrogens is 1. The van der Waals surface area contributed by atoms with Gasteiger partial charge in [-0.25, -0.2) is 4.98 Å². The molecule has 1 amide bonds. The van der Waals surface area contributed by atoms with Gasteiger partial charge in [-0.2, -0.15) is 0 Å². The first-order chi connectivity index (χ1) is 14.1. The van der Waals surface area contributed by atoms with E-state index in [-0.39, 0.29) is 11.9 Å². The van der Waals surface area contributed by atoms with Crippen LogP contribution >= 0.6 is 0 Å². The molecule has 0 unspecified atom stereocenters. The van der Waals surface area contributed by atoms with Crippen molar-refractivity contribution in [2.24, 2.45) is 0 Å². The molecule has 29 heavy (non-hydrogen) atoms. The number of pyridine rings is 1. The number of unbranched alkanes of at least 4 members (excludes halogenated alkanes) is 2. The second kappa shape index (κ2) is 10.1. The fourth-order valence-corrected chi connectivity index (χ4v) is 3.47. The molecule has 3 aromatic rings. The van der Waals surface area contributed by atoms with E-state index in [1.807, 2.05) is 61.5 Å². The summed E-state index contributed by atoms with van der Waals surface area (Å²) in [6.45, 7) is 6.86. The van der Waals surface area contributed by atoms with E-state index in [1.165, 1.54) is 12.8 Å². The standard InChI is InChI=1S/C25H30N2O2/c1-4-6-7-10-18(3)26-25(28)22-17-24(27-23-12-9-8-11-21(22)23)19-13-15-20(16-14-19)29-5-2/h8-9,11-18H,4-7,10H2,1-3H3,(H,26,28)/t18-/m1/s1. The van der Waals surface area contributed by atoms with Crippen LogP contribution in [0.25, 0.3) is 22.2 Å². The Kier molecular flexibility index (Phi) is 7.23. The maximum absolute atomic E-state index is 13.1. The van der Waals surface area contributed by atoms with Crippen LogP contribution in [0.15, 0.2) is 54.6 Å². The number of ether oxygens (including phenoxy) is 1. The first kappa shape index (κ1) is 20.8. The topological polar surface area (TPSA) is 51.2 Å². The molecule has 0 saturated carbocycles. The van der Waals surface area contributed by atoms with E-state index in [0.29, 0.717) is 12.2 Å². The van der Waals surface area contributed by atoms with Crippen molar-refractivity contribution in [3.05, 3.63) is 60.2 Å². The highest BCUT2D eigenvalue weighted by Gasteiger charge is 2.16. The fourth-order valence-electron chi connectivity index (χ4n) is 3.47. The van der Waals surface area contributed by atoms with Crippen LogP contribution in [0.3, 0.4) is 0 Å². The number of hydrogen-bond acceptors (Lipinski definition) is 3. The van der Waals surface area contributed by atoms with Gasteiger partial charge in [-0.1, -0.05) is 44.4 Å². The van der Waals surface area contributed by atoms with Gasteiger partial charge in [-0.3, -0.25) is 4.79 Å². The molecule has 3 rings (SSSR count). The molecule has 0 aliphatic carbocycles. The number of fused-ring (bicyclic) bond motifs is 1.